The van der Waals surface area contributed by atoms with E-state index in [9.17, 15) is 18.0 Å². The molecule has 0 unspecified atom stereocenters. The Hall–Kier alpha value is -3.73. The van der Waals surface area contributed by atoms with Crippen LogP contribution < -0.4 is 10.1 Å². The minimum Gasteiger partial charge on any atom is -0.467 e. The standard InChI is InChI=1S/C26H25F3N4O3S/c1-25(2,3)36-23(34)31-21(12-16-4-8-20(9-5-16)26(27,28)29)15-35-24-33-32-22(37-24)18-6-7-19-14-30-11-10-17(19)13-18/h4-11,13-14,21H,12,15H2,1-3H3,(H,31,34)/t21-/m0/s1. The van der Waals surface area contributed by atoms with Gasteiger partial charge in [0, 0.05) is 23.3 Å². The first-order valence-corrected chi connectivity index (χ1v) is 12.2. The molecule has 0 aliphatic carbocycles. The third-order valence-electron chi connectivity index (χ3n) is 5.19. The van der Waals surface area contributed by atoms with Crippen molar-refractivity contribution in [3.8, 4) is 15.8 Å². The second-order valence-electron chi connectivity index (χ2n) is 9.36. The molecule has 0 saturated carbocycles. The first-order chi connectivity index (χ1) is 17.5. The molecule has 4 aromatic rings. The molecule has 1 atom stereocenters. The lowest BCUT2D eigenvalue weighted by atomic mass is 10.0. The first kappa shape index (κ1) is 26.3. The Labute approximate surface area is 215 Å². The van der Waals surface area contributed by atoms with E-state index in [1.165, 1.54) is 23.5 Å². The SMILES string of the molecule is CC(C)(C)OC(=O)N[C@H](COc1nnc(-c2ccc3cnccc3c2)s1)Cc1ccc(C(F)(F)F)cc1. The number of hydrogen-bond donors (Lipinski definition) is 1. The van der Waals surface area contributed by atoms with Gasteiger partial charge in [0.2, 0.25) is 0 Å². The number of pyridine rings is 1. The highest BCUT2D eigenvalue weighted by molar-refractivity contribution is 7.16. The molecule has 7 nitrogen and oxygen atoms in total. The van der Waals surface area contributed by atoms with Crippen molar-refractivity contribution in [2.75, 3.05) is 6.61 Å². The normalized spacial score (nSPS) is 12.8. The number of nitrogens with zero attached hydrogens (tertiary/aromatic N) is 3. The van der Waals surface area contributed by atoms with Gasteiger partial charge in [-0.1, -0.05) is 40.7 Å². The number of carbonyl (C=O) groups is 1. The van der Waals surface area contributed by atoms with Crippen molar-refractivity contribution in [1.29, 1.82) is 0 Å². The molecule has 0 spiro atoms. The molecule has 2 aromatic carbocycles. The Morgan fingerprint density at radius 2 is 1.78 bits per heavy atom. The van der Waals surface area contributed by atoms with E-state index in [-0.39, 0.29) is 13.0 Å². The summed E-state index contributed by atoms with van der Waals surface area (Å²) in [4.78, 5) is 16.5. The number of benzene rings is 2. The number of carbonyl (C=O) groups excluding carboxylic acids is 1. The molecule has 2 aromatic heterocycles. The fourth-order valence-corrected chi connectivity index (χ4v) is 4.21. The maximum absolute atomic E-state index is 12.9. The zero-order valence-electron chi connectivity index (χ0n) is 20.4. The van der Waals surface area contributed by atoms with Crippen molar-refractivity contribution in [3.05, 3.63) is 72.1 Å². The second-order valence-corrected chi connectivity index (χ2v) is 10.3. The van der Waals surface area contributed by atoms with Crippen LogP contribution in [0.25, 0.3) is 21.3 Å². The monoisotopic (exact) mass is 530 g/mol. The van der Waals surface area contributed by atoms with Crippen LogP contribution in [-0.2, 0) is 17.3 Å². The van der Waals surface area contributed by atoms with E-state index in [2.05, 4.69) is 20.5 Å². The summed E-state index contributed by atoms with van der Waals surface area (Å²) < 4.78 is 49.9. The van der Waals surface area contributed by atoms with Gasteiger partial charge in [0.05, 0.1) is 11.6 Å². The van der Waals surface area contributed by atoms with Gasteiger partial charge >= 0.3 is 12.3 Å². The molecule has 0 aliphatic rings. The van der Waals surface area contributed by atoms with Gasteiger partial charge in [-0.2, -0.15) is 13.2 Å². The van der Waals surface area contributed by atoms with Crippen LogP contribution >= 0.6 is 11.3 Å². The van der Waals surface area contributed by atoms with E-state index in [0.29, 0.717) is 15.8 Å². The number of ether oxygens (including phenoxy) is 2. The second kappa shape index (κ2) is 10.7. The molecule has 2 heterocycles. The Morgan fingerprint density at radius 3 is 2.49 bits per heavy atom. The Kier molecular flexibility index (Phi) is 7.63. The maximum Gasteiger partial charge on any atom is 0.416 e. The first-order valence-electron chi connectivity index (χ1n) is 11.4. The number of alkyl halides is 3. The van der Waals surface area contributed by atoms with Gasteiger partial charge < -0.3 is 14.8 Å². The van der Waals surface area contributed by atoms with Crippen LogP contribution in [0.4, 0.5) is 18.0 Å². The van der Waals surface area contributed by atoms with Gasteiger partial charge in [-0.15, -0.1) is 5.10 Å². The lowest BCUT2D eigenvalue weighted by Crippen LogP contribution is -2.43. The molecule has 1 amide bonds. The lowest BCUT2D eigenvalue weighted by Gasteiger charge is -2.23. The van der Waals surface area contributed by atoms with Gasteiger partial charge in [-0.05, 0) is 62.4 Å². The number of rotatable bonds is 7. The molecule has 0 fully saturated rings. The quantitative estimate of drug-likeness (QED) is 0.302. The van der Waals surface area contributed by atoms with Crippen LogP contribution in [0.2, 0.25) is 0 Å². The number of halogens is 3. The highest BCUT2D eigenvalue weighted by Gasteiger charge is 2.30. The summed E-state index contributed by atoms with van der Waals surface area (Å²) in [6.07, 6.45) is -1.36. The number of amides is 1. The predicted octanol–water partition coefficient (Wildman–Crippen LogP) is 6.29. The summed E-state index contributed by atoms with van der Waals surface area (Å²) in [5.74, 6) is 0. The van der Waals surface area contributed by atoms with Crippen LogP contribution in [0, 0.1) is 0 Å². The Bertz CT molecular complexity index is 1370. The van der Waals surface area contributed by atoms with Gasteiger partial charge in [0.1, 0.15) is 12.2 Å². The number of aromatic nitrogens is 3. The molecular weight excluding hydrogens is 505 g/mol. The van der Waals surface area contributed by atoms with E-state index in [4.69, 9.17) is 9.47 Å². The minimum absolute atomic E-state index is 0.0122. The summed E-state index contributed by atoms with van der Waals surface area (Å²) in [5.41, 5.74) is 0.0180. The third-order valence-corrected chi connectivity index (χ3v) is 6.07. The maximum atomic E-state index is 12.9. The van der Waals surface area contributed by atoms with Crippen LogP contribution in [0.3, 0.4) is 0 Å². The summed E-state index contributed by atoms with van der Waals surface area (Å²) in [6, 6.07) is 12.0. The fourth-order valence-electron chi connectivity index (χ4n) is 3.51. The summed E-state index contributed by atoms with van der Waals surface area (Å²) >= 11 is 1.25. The van der Waals surface area contributed by atoms with Crippen molar-refractivity contribution in [1.82, 2.24) is 20.5 Å². The van der Waals surface area contributed by atoms with E-state index in [0.717, 1.165) is 28.5 Å². The predicted molar refractivity (Wildman–Crippen MR) is 134 cm³/mol. The summed E-state index contributed by atoms with van der Waals surface area (Å²) in [5, 5.41) is 14.0. The van der Waals surface area contributed by atoms with Gasteiger partial charge in [0.15, 0.2) is 5.01 Å². The molecule has 0 radical (unpaired) electrons. The minimum atomic E-state index is -4.42. The smallest absolute Gasteiger partial charge is 0.416 e. The summed E-state index contributed by atoms with van der Waals surface area (Å²) in [6.45, 7) is 5.22. The highest BCUT2D eigenvalue weighted by atomic mass is 32.1. The Balaban J connectivity index is 1.46. The molecule has 1 N–H and O–H groups in total. The molecule has 37 heavy (non-hydrogen) atoms. The zero-order valence-corrected chi connectivity index (χ0v) is 21.2. The Morgan fingerprint density at radius 1 is 1.03 bits per heavy atom. The van der Waals surface area contributed by atoms with Crippen LogP contribution in [0.5, 0.6) is 5.19 Å². The number of nitrogens with one attached hydrogen (secondary N) is 1. The molecule has 0 saturated heterocycles. The van der Waals surface area contributed by atoms with E-state index in [1.54, 1.807) is 33.2 Å². The van der Waals surface area contributed by atoms with E-state index < -0.39 is 29.5 Å². The molecule has 194 valence electrons. The van der Waals surface area contributed by atoms with E-state index in [1.807, 2.05) is 24.3 Å². The van der Waals surface area contributed by atoms with Crippen LogP contribution in [0.15, 0.2) is 60.9 Å². The van der Waals surface area contributed by atoms with Crippen LogP contribution in [-0.4, -0.2) is 39.5 Å². The lowest BCUT2D eigenvalue weighted by molar-refractivity contribution is -0.137. The average Bonchev–Trinajstić information content (AvgIpc) is 3.30. The molecule has 4 rings (SSSR count). The summed E-state index contributed by atoms with van der Waals surface area (Å²) in [7, 11) is 0. The third kappa shape index (κ3) is 7.39. The zero-order chi connectivity index (χ0) is 26.6. The highest BCUT2D eigenvalue weighted by Crippen LogP contribution is 2.31. The molecule has 11 heteroatoms. The van der Waals surface area contributed by atoms with Crippen molar-refractivity contribution in [2.24, 2.45) is 0 Å². The molecule has 0 bridgehead atoms. The average molecular weight is 531 g/mol. The topological polar surface area (TPSA) is 86.2 Å². The van der Waals surface area contributed by atoms with Gasteiger partial charge in [-0.3, -0.25) is 4.98 Å². The molecule has 0 aliphatic heterocycles. The molecular formula is C26H25F3N4O3S. The number of alkyl carbamates (subject to hydrolysis) is 1. The fraction of sp³-hybridized carbons (Fsp3) is 0.308. The largest absolute Gasteiger partial charge is 0.467 e. The van der Waals surface area contributed by atoms with Gasteiger partial charge in [-0.25, -0.2) is 4.79 Å². The van der Waals surface area contributed by atoms with Crippen LogP contribution in [0.1, 0.15) is 31.9 Å². The van der Waals surface area contributed by atoms with Gasteiger partial charge in [0.25, 0.3) is 5.19 Å². The van der Waals surface area contributed by atoms with Crippen molar-refractivity contribution in [2.45, 2.75) is 45.0 Å². The van der Waals surface area contributed by atoms with E-state index >= 15 is 0 Å². The van der Waals surface area contributed by atoms with Crippen molar-refractivity contribution < 1.29 is 27.4 Å². The number of fused-ring (bicyclic) bond motifs is 1. The van der Waals surface area contributed by atoms with Crippen molar-refractivity contribution in [3.63, 3.8) is 0 Å². The number of hydrogen-bond acceptors (Lipinski definition) is 7. The van der Waals surface area contributed by atoms with Crippen molar-refractivity contribution >= 4 is 28.2 Å².